The second-order valence-corrected chi connectivity index (χ2v) is 21.0. The Balaban J connectivity index is 1.04. The van der Waals surface area contributed by atoms with Crippen molar-refractivity contribution in [2.45, 2.75) is 62.2 Å². The van der Waals surface area contributed by atoms with E-state index in [9.17, 15) is 0 Å². The molecule has 340 valence electrons. The highest BCUT2D eigenvalue weighted by molar-refractivity contribution is 5.99. The molecule has 0 atom stereocenters. The maximum absolute atomic E-state index is 2.61. The zero-order valence-electron chi connectivity index (χ0n) is 40.5. The van der Waals surface area contributed by atoms with Crippen LogP contribution in [0.4, 0.5) is 17.1 Å². The van der Waals surface area contributed by atoms with Crippen molar-refractivity contribution >= 4 is 17.1 Å². The van der Waals surface area contributed by atoms with E-state index >= 15 is 0 Å². The third kappa shape index (κ3) is 5.99. The van der Waals surface area contributed by atoms with Gasteiger partial charge < -0.3 is 4.90 Å². The van der Waals surface area contributed by atoms with Crippen molar-refractivity contribution in [3.63, 3.8) is 0 Å². The highest BCUT2D eigenvalue weighted by atomic mass is 15.1. The molecule has 0 N–H and O–H groups in total. The maximum atomic E-state index is 2.61. The van der Waals surface area contributed by atoms with E-state index < -0.39 is 5.41 Å². The lowest BCUT2D eigenvalue weighted by molar-refractivity contribution is 0.353. The predicted molar refractivity (Wildman–Crippen MR) is 296 cm³/mol. The fraction of sp³-hybridized carbons (Fsp3) is 0.143. The summed E-state index contributed by atoms with van der Waals surface area (Å²) in [6.07, 6.45) is 6.16. The Morgan fingerprint density at radius 1 is 0.296 bits per heavy atom. The molecule has 2 spiro atoms. The Morgan fingerprint density at radius 2 is 0.704 bits per heavy atom. The zero-order valence-corrected chi connectivity index (χ0v) is 40.5. The molecule has 0 bridgehead atoms. The summed E-state index contributed by atoms with van der Waals surface area (Å²) >= 11 is 0. The fourth-order valence-electron chi connectivity index (χ4n) is 14.1. The number of fused-ring (bicyclic) bond motifs is 14. The fourth-order valence-corrected chi connectivity index (χ4v) is 14.1. The Morgan fingerprint density at radius 3 is 1.32 bits per heavy atom. The summed E-state index contributed by atoms with van der Waals surface area (Å²) in [5, 5.41) is 0. The van der Waals surface area contributed by atoms with Crippen LogP contribution in [0, 0.1) is 0 Å². The highest BCUT2D eigenvalue weighted by Crippen LogP contribution is 2.63. The summed E-state index contributed by atoms with van der Waals surface area (Å²) in [7, 11) is 0. The number of rotatable bonds is 6. The minimum absolute atomic E-state index is 0.00504. The van der Waals surface area contributed by atoms with E-state index in [2.05, 4.69) is 255 Å². The Kier molecular flexibility index (Phi) is 9.46. The van der Waals surface area contributed by atoms with E-state index in [-0.39, 0.29) is 10.8 Å². The Labute approximate surface area is 418 Å². The number of hydrogen-bond acceptors (Lipinski definition) is 1. The molecule has 4 aliphatic carbocycles. The molecule has 1 heteroatoms. The molecule has 1 saturated carbocycles. The number of nitrogens with zero attached hydrogens (tertiary/aromatic N) is 1. The van der Waals surface area contributed by atoms with Crippen LogP contribution in [0.5, 0.6) is 0 Å². The zero-order chi connectivity index (χ0) is 47.3. The molecule has 14 rings (SSSR count). The van der Waals surface area contributed by atoms with Gasteiger partial charge in [-0.3, -0.25) is 0 Å². The molecule has 4 aliphatic rings. The number of anilines is 3. The molecule has 0 heterocycles. The lowest BCUT2D eigenvalue weighted by atomic mass is 9.55. The summed E-state index contributed by atoms with van der Waals surface area (Å²) in [6.45, 7) is 4.82. The number of hydrogen-bond donors (Lipinski definition) is 0. The van der Waals surface area contributed by atoms with Gasteiger partial charge in [0.1, 0.15) is 0 Å². The van der Waals surface area contributed by atoms with Crippen molar-refractivity contribution in [3.8, 4) is 55.6 Å². The van der Waals surface area contributed by atoms with Crippen LogP contribution in [0.25, 0.3) is 55.6 Å². The second-order valence-electron chi connectivity index (χ2n) is 21.0. The van der Waals surface area contributed by atoms with Crippen molar-refractivity contribution in [1.29, 1.82) is 0 Å². The molecule has 0 saturated heterocycles. The second kappa shape index (κ2) is 16.0. The van der Waals surface area contributed by atoms with Crippen molar-refractivity contribution in [2.24, 2.45) is 0 Å². The summed E-state index contributed by atoms with van der Waals surface area (Å²) in [6, 6.07) is 90.0. The first-order valence-electron chi connectivity index (χ1n) is 25.8. The topological polar surface area (TPSA) is 3.24 Å². The number of para-hydroxylation sites is 1. The quantitative estimate of drug-likeness (QED) is 0.161. The molecular formula is C70H55N. The van der Waals surface area contributed by atoms with E-state index in [0.717, 1.165) is 11.4 Å². The van der Waals surface area contributed by atoms with Gasteiger partial charge in [-0.15, -0.1) is 0 Å². The summed E-state index contributed by atoms with van der Waals surface area (Å²) < 4.78 is 0. The van der Waals surface area contributed by atoms with Gasteiger partial charge in [-0.05, 0) is 138 Å². The van der Waals surface area contributed by atoms with E-state index in [1.54, 1.807) is 0 Å². The van der Waals surface area contributed by atoms with Gasteiger partial charge in [0.15, 0.2) is 0 Å². The van der Waals surface area contributed by atoms with Crippen molar-refractivity contribution in [1.82, 2.24) is 0 Å². The molecule has 10 aromatic carbocycles. The minimum atomic E-state index is -0.519. The Hall–Kier alpha value is -8.00. The van der Waals surface area contributed by atoms with Gasteiger partial charge >= 0.3 is 0 Å². The predicted octanol–water partition coefficient (Wildman–Crippen LogP) is 18.4. The van der Waals surface area contributed by atoms with E-state index in [4.69, 9.17) is 0 Å². The average molecular weight is 910 g/mol. The smallest absolute Gasteiger partial charge is 0.0720 e. The largest absolute Gasteiger partial charge is 0.310 e. The standard InChI is InChI=1S/C70H55N/c1-68(2)61-34-16-18-36-63(61)70(64-37-19-17-35-62(64)68)60-33-15-12-30-55(60)57-42-40-49(46-66(57)70)71(48-39-41-56-54-29-11-14-32-59(54)69(65(56)45-48)43-21-4-22-44-69)67-38-20-13-31-58(67)53-28-10-9-27-52(53)51-26-8-7-25-50(51)47-23-5-3-6-24-47/h3,5-20,23-42,45-46H,4,21-22,43-44H2,1-2H3. The van der Waals surface area contributed by atoms with Gasteiger partial charge in [-0.25, -0.2) is 0 Å². The van der Waals surface area contributed by atoms with E-state index in [1.165, 1.54) is 138 Å². The maximum Gasteiger partial charge on any atom is 0.0720 e. The van der Waals surface area contributed by atoms with Gasteiger partial charge in [-0.1, -0.05) is 239 Å². The molecule has 0 unspecified atom stereocenters. The summed E-state index contributed by atoms with van der Waals surface area (Å²) in [4.78, 5) is 2.61. The van der Waals surface area contributed by atoms with Gasteiger partial charge in [-0.2, -0.15) is 0 Å². The van der Waals surface area contributed by atoms with Gasteiger partial charge in [0.25, 0.3) is 0 Å². The molecule has 1 fully saturated rings. The molecule has 0 aromatic heterocycles. The minimum Gasteiger partial charge on any atom is -0.310 e. The molecule has 0 aliphatic heterocycles. The highest BCUT2D eigenvalue weighted by Gasteiger charge is 2.53. The number of benzene rings is 10. The van der Waals surface area contributed by atoms with E-state index in [0.29, 0.717) is 0 Å². The molecular weight excluding hydrogens is 855 g/mol. The first kappa shape index (κ1) is 41.9. The van der Waals surface area contributed by atoms with Crippen LogP contribution in [0.15, 0.2) is 237 Å². The van der Waals surface area contributed by atoms with Crippen molar-refractivity contribution < 1.29 is 0 Å². The lowest BCUT2D eigenvalue weighted by Gasteiger charge is -2.46. The van der Waals surface area contributed by atoms with Crippen LogP contribution in [0.1, 0.15) is 90.5 Å². The van der Waals surface area contributed by atoms with Crippen LogP contribution < -0.4 is 4.90 Å². The first-order chi connectivity index (χ1) is 35.0. The molecule has 0 radical (unpaired) electrons. The van der Waals surface area contributed by atoms with Crippen LogP contribution in [-0.4, -0.2) is 0 Å². The van der Waals surface area contributed by atoms with Crippen LogP contribution in [-0.2, 0) is 16.2 Å². The van der Waals surface area contributed by atoms with Gasteiger partial charge in [0, 0.05) is 27.8 Å². The van der Waals surface area contributed by atoms with Crippen molar-refractivity contribution in [2.75, 3.05) is 4.90 Å². The van der Waals surface area contributed by atoms with Gasteiger partial charge in [0.05, 0.1) is 11.1 Å². The summed E-state index contributed by atoms with van der Waals surface area (Å²) in [5.74, 6) is 0. The van der Waals surface area contributed by atoms with Crippen LogP contribution in [0.2, 0.25) is 0 Å². The average Bonchev–Trinajstić information content (AvgIpc) is 3.88. The van der Waals surface area contributed by atoms with E-state index in [1.807, 2.05) is 0 Å². The molecule has 1 nitrogen and oxygen atoms in total. The third-order valence-electron chi connectivity index (χ3n) is 17.2. The molecule has 0 amide bonds. The monoisotopic (exact) mass is 909 g/mol. The van der Waals surface area contributed by atoms with Crippen LogP contribution >= 0.6 is 0 Å². The molecule has 71 heavy (non-hydrogen) atoms. The summed E-state index contributed by atoms with van der Waals surface area (Å²) in [5.41, 5.74) is 26.7. The van der Waals surface area contributed by atoms with Gasteiger partial charge in [0.2, 0.25) is 0 Å². The first-order valence-corrected chi connectivity index (χ1v) is 25.8. The molecule has 10 aromatic rings. The normalized spacial score (nSPS) is 15.8. The lowest BCUT2D eigenvalue weighted by Crippen LogP contribution is -2.40. The third-order valence-corrected chi connectivity index (χ3v) is 17.2. The SMILES string of the molecule is CC1(C)c2ccccc2C2(c3ccccc3-c3ccc(N(c4ccc5c(c4)C4(CCCCC4)c4ccccc4-5)c4ccccc4-c4ccccc4-c4ccccc4-c4ccccc4)cc32)c2ccccc21. The van der Waals surface area contributed by atoms with Crippen LogP contribution in [0.3, 0.4) is 0 Å². The van der Waals surface area contributed by atoms with Crippen molar-refractivity contribution in [3.05, 3.63) is 281 Å². The Bertz CT molecular complexity index is 3680.